The van der Waals surface area contributed by atoms with E-state index in [1.54, 1.807) is 7.11 Å². The number of pyridine rings is 1. The Kier molecular flexibility index (Phi) is 5.38. The van der Waals surface area contributed by atoms with Gasteiger partial charge in [0.1, 0.15) is 5.75 Å². The van der Waals surface area contributed by atoms with Crippen molar-refractivity contribution in [2.24, 2.45) is 0 Å². The number of carbonyl (C=O) groups excluding carboxylic acids is 1. The molecule has 2 aromatic carbocycles. The molecule has 1 atom stereocenters. The maximum atomic E-state index is 12.8. The molecule has 3 aromatic rings. The van der Waals surface area contributed by atoms with Crippen molar-refractivity contribution in [3.8, 4) is 17.0 Å². The van der Waals surface area contributed by atoms with Crippen LogP contribution in [-0.4, -0.2) is 36.0 Å². The van der Waals surface area contributed by atoms with Crippen LogP contribution in [0.15, 0.2) is 72.8 Å². The third-order valence-corrected chi connectivity index (χ3v) is 5.28. The fourth-order valence-electron chi connectivity index (χ4n) is 3.79. The Hall–Kier alpha value is -3.14. The SMILES string of the molecule is COc1cccc(-c2cccc([C@@H]3CCCN(C(=O)c4ccccc4)C3)n2)c1. The molecule has 2 heterocycles. The molecule has 1 fully saturated rings. The Labute approximate surface area is 165 Å². The molecule has 4 rings (SSSR count). The number of benzene rings is 2. The molecule has 0 spiro atoms. The summed E-state index contributed by atoms with van der Waals surface area (Å²) in [5.41, 5.74) is 3.77. The molecule has 0 bridgehead atoms. The van der Waals surface area contributed by atoms with Crippen molar-refractivity contribution < 1.29 is 9.53 Å². The third kappa shape index (κ3) is 3.91. The van der Waals surface area contributed by atoms with Crippen LogP contribution in [0, 0.1) is 0 Å². The van der Waals surface area contributed by atoms with E-state index in [-0.39, 0.29) is 11.8 Å². The number of nitrogens with zero attached hydrogens (tertiary/aromatic N) is 2. The highest BCUT2D eigenvalue weighted by atomic mass is 16.5. The minimum Gasteiger partial charge on any atom is -0.497 e. The Morgan fingerprint density at radius 1 is 1.04 bits per heavy atom. The summed E-state index contributed by atoms with van der Waals surface area (Å²) in [6.07, 6.45) is 2.04. The molecule has 0 N–H and O–H groups in total. The fraction of sp³-hybridized carbons (Fsp3) is 0.250. The molecule has 1 aromatic heterocycles. The highest BCUT2D eigenvalue weighted by Gasteiger charge is 2.26. The summed E-state index contributed by atoms with van der Waals surface area (Å²) in [4.78, 5) is 19.7. The number of methoxy groups -OCH3 is 1. The van der Waals surface area contributed by atoms with Gasteiger partial charge in [-0.1, -0.05) is 36.4 Å². The molecular weight excluding hydrogens is 348 g/mol. The average Bonchev–Trinajstić information content (AvgIpc) is 2.79. The predicted octanol–water partition coefficient (Wildman–Crippen LogP) is 4.78. The monoisotopic (exact) mass is 372 g/mol. The van der Waals surface area contributed by atoms with Crippen molar-refractivity contribution >= 4 is 5.91 Å². The van der Waals surface area contributed by atoms with Gasteiger partial charge in [0.2, 0.25) is 0 Å². The number of amides is 1. The molecule has 0 unspecified atom stereocenters. The van der Waals surface area contributed by atoms with E-state index in [0.29, 0.717) is 6.54 Å². The highest BCUT2D eigenvalue weighted by Crippen LogP contribution is 2.29. The quantitative estimate of drug-likeness (QED) is 0.662. The normalized spacial score (nSPS) is 16.6. The van der Waals surface area contributed by atoms with E-state index in [4.69, 9.17) is 9.72 Å². The second kappa shape index (κ2) is 8.26. The number of hydrogen-bond donors (Lipinski definition) is 0. The second-order valence-corrected chi connectivity index (χ2v) is 7.14. The number of hydrogen-bond acceptors (Lipinski definition) is 3. The second-order valence-electron chi connectivity index (χ2n) is 7.14. The lowest BCUT2D eigenvalue weighted by Gasteiger charge is -2.32. The molecule has 4 nitrogen and oxygen atoms in total. The number of piperidine rings is 1. The van der Waals surface area contributed by atoms with Crippen molar-refractivity contribution in [1.29, 1.82) is 0 Å². The van der Waals surface area contributed by atoms with Crippen LogP contribution in [0.4, 0.5) is 0 Å². The smallest absolute Gasteiger partial charge is 0.253 e. The maximum Gasteiger partial charge on any atom is 0.253 e. The van der Waals surface area contributed by atoms with Crippen LogP contribution < -0.4 is 4.74 Å². The molecule has 1 aliphatic rings. The van der Waals surface area contributed by atoms with Crippen molar-refractivity contribution in [2.75, 3.05) is 20.2 Å². The first-order valence-corrected chi connectivity index (χ1v) is 9.70. The molecule has 1 aliphatic heterocycles. The molecule has 142 valence electrons. The van der Waals surface area contributed by atoms with Crippen molar-refractivity contribution in [3.05, 3.63) is 84.1 Å². The number of likely N-dealkylation sites (tertiary alicyclic amines) is 1. The molecule has 0 radical (unpaired) electrons. The maximum absolute atomic E-state index is 12.8. The number of aromatic nitrogens is 1. The Morgan fingerprint density at radius 3 is 2.68 bits per heavy atom. The van der Waals surface area contributed by atoms with Crippen LogP contribution in [0.2, 0.25) is 0 Å². The average molecular weight is 372 g/mol. The van der Waals surface area contributed by atoms with Crippen molar-refractivity contribution in [1.82, 2.24) is 9.88 Å². The Balaban J connectivity index is 1.55. The van der Waals surface area contributed by atoms with Gasteiger partial charge in [-0.15, -0.1) is 0 Å². The van der Waals surface area contributed by atoms with Crippen LogP contribution in [0.5, 0.6) is 5.75 Å². The van der Waals surface area contributed by atoms with Gasteiger partial charge in [-0.25, -0.2) is 0 Å². The minimum absolute atomic E-state index is 0.106. The Bertz CT molecular complexity index is 956. The molecular formula is C24H24N2O2. The van der Waals surface area contributed by atoms with Crippen LogP contribution >= 0.6 is 0 Å². The van der Waals surface area contributed by atoms with Gasteiger partial charge in [-0.3, -0.25) is 9.78 Å². The van der Waals surface area contributed by atoms with E-state index >= 15 is 0 Å². The molecule has 4 heteroatoms. The third-order valence-electron chi connectivity index (χ3n) is 5.28. The molecule has 1 amide bonds. The molecule has 28 heavy (non-hydrogen) atoms. The summed E-state index contributed by atoms with van der Waals surface area (Å²) in [6, 6.07) is 23.6. The first-order valence-electron chi connectivity index (χ1n) is 9.70. The summed E-state index contributed by atoms with van der Waals surface area (Å²) < 4.78 is 5.33. The first kappa shape index (κ1) is 18.2. The van der Waals surface area contributed by atoms with Crippen LogP contribution in [-0.2, 0) is 0 Å². The number of ether oxygens (including phenoxy) is 1. The van der Waals surface area contributed by atoms with E-state index in [0.717, 1.165) is 47.7 Å². The van der Waals surface area contributed by atoms with Crippen LogP contribution in [0.3, 0.4) is 0 Å². The van der Waals surface area contributed by atoms with Crippen molar-refractivity contribution in [3.63, 3.8) is 0 Å². The van der Waals surface area contributed by atoms with E-state index < -0.39 is 0 Å². The van der Waals surface area contributed by atoms with Gasteiger partial charge in [0.25, 0.3) is 5.91 Å². The van der Waals surface area contributed by atoms with Gasteiger partial charge < -0.3 is 9.64 Å². The predicted molar refractivity (Wildman–Crippen MR) is 111 cm³/mol. The van der Waals surface area contributed by atoms with E-state index in [9.17, 15) is 4.79 Å². The lowest BCUT2D eigenvalue weighted by molar-refractivity contribution is 0.0706. The zero-order valence-corrected chi connectivity index (χ0v) is 16.0. The highest BCUT2D eigenvalue weighted by molar-refractivity contribution is 5.94. The van der Waals surface area contributed by atoms with Crippen molar-refractivity contribution in [2.45, 2.75) is 18.8 Å². The summed E-state index contributed by atoms with van der Waals surface area (Å²) in [7, 11) is 1.67. The van der Waals surface area contributed by atoms with Gasteiger partial charge in [0.05, 0.1) is 12.8 Å². The fourth-order valence-corrected chi connectivity index (χ4v) is 3.79. The van der Waals surface area contributed by atoms with E-state index in [1.165, 1.54) is 0 Å². The largest absolute Gasteiger partial charge is 0.497 e. The van der Waals surface area contributed by atoms with Crippen LogP contribution in [0.1, 0.15) is 34.8 Å². The van der Waals surface area contributed by atoms with Crippen LogP contribution in [0.25, 0.3) is 11.3 Å². The van der Waals surface area contributed by atoms with Gasteiger partial charge in [0.15, 0.2) is 0 Å². The lowest BCUT2D eigenvalue weighted by atomic mass is 9.93. The zero-order chi connectivity index (χ0) is 19.3. The summed E-state index contributed by atoms with van der Waals surface area (Å²) >= 11 is 0. The standard InChI is InChI=1S/C24H24N2O2/c1-28-21-12-5-10-19(16-21)22-13-6-14-23(25-22)20-11-7-15-26(17-20)24(27)18-8-3-2-4-9-18/h2-6,8-10,12-14,16,20H,7,11,15,17H2,1H3/t20-/m1/s1. The van der Waals surface area contributed by atoms with Gasteiger partial charge in [0, 0.05) is 35.8 Å². The Morgan fingerprint density at radius 2 is 1.86 bits per heavy atom. The summed E-state index contributed by atoms with van der Waals surface area (Å²) in [5.74, 6) is 1.18. The topological polar surface area (TPSA) is 42.4 Å². The van der Waals surface area contributed by atoms with E-state index in [1.807, 2.05) is 65.6 Å². The summed E-state index contributed by atoms with van der Waals surface area (Å²) in [6.45, 7) is 1.52. The van der Waals surface area contributed by atoms with E-state index in [2.05, 4.69) is 12.1 Å². The summed E-state index contributed by atoms with van der Waals surface area (Å²) in [5, 5.41) is 0. The number of rotatable bonds is 4. The molecule has 1 saturated heterocycles. The molecule has 0 saturated carbocycles. The zero-order valence-electron chi connectivity index (χ0n) is 16.0. The number of carbonyl (C=O) groups is 1. The van der Waals surface area contributed by atoms with Gasteiger partial charge in [-0.05, 0) is 49.2 Å². The lowest BCUT2D eigenvalue weighted by Crippen LogP contribution is -2.39. The molecule has 0 aliphatic carbocycles. The van der Waals surface area contributed by atoms with Gasteiger partial charge >= 0.3 is 0 Å². The minimum atomic E-state index is 0.106. The first-order chi connectivity index (χ1) is 13.7. The van der Waals surface area contributed by atoms with Gasteiger partial charge in [-0.2, -0.15) is 0 Å².